The van der Waals surface area contributed by atoms with Crippen LogP contribution in [0.4, 0.5) is 0 Å². The van der Waals surface area contributed by atoms with Gasteiger partial charge in [-0.05, 0) is 11.6 Å². The molecule has 0 aliphatic rings. The third-order valence-electron chi connectivity index (χ3n) is 1.58. The Labute approximate surface area is 76.4 Å². The molecule has 4 nitrogen and oxygen atoms in total. The molecule has 0 saturated heterocycles. The van der Waals surface area contributed by atoms with Crippen LogP contribution in [-0.4, -0.2) is 22.8 Å². The molecule has 0 atom stereocenters. The van der Waals surface area contributed by atoms with E-state index in [-0.39, 0.29) is 0 Å². The monoisotopic (exact) mass is 175 g/mol. The minimum Gasteiger partial charge on any atom is -0.329 e. The van der Waals surface area contributed by atoms with Gasteiger partial charge >= 0.3 is 5.91 Å². The number of amides is 1. The molecule has 1 heterocycles. The molecule has 1 rings (SSSR count). The first-order valence-electron chi connectivity index (χ1n) is 3.78. The first-order valence-corrected chi connectivity index (χ1v) is 3.78. The van der Waals surface area contributed by atoms with Gasteiger partial charge in [0.2, 0.25) is 0 Å². The SMILES string of the molecule is CN(Cc1cccnc1)C(=O)C#N. The Kier molecular flexibility index (Phi) is 2.98. The van der Waals surface area contributed by atoms with Crippen molar-refractivity contribution in [3.05, 3.63) is 30.1 Å². The summed E-state index contributed by atoms with van der Waals surface area (Å²) in [6.45, 7) is 0.417. The summed E-state index contributed by atoms with van der Waals surface area (Å²) in [6, 6.07) is 5.20. The van der Waals surface area contributed by atoms with Crippen LogP contribution < -0.4 is 0 Å². The van der Waals surface area contributed by atoms with Crippen molar-refractivity contribution in [3.63, 3.8) is 0 Å². The lowest BCUT2D eigenvalue weighted by Crippen LogP contribution is -2.24. The minimum atomic E-state index is -0.538. The van der Waals surface area contributed by atoms with Gasteiger partial charge in [0.1, 0.15) is 0 Å². The van der Waals surface area contributed by atoms with Gasteiger partial charge in [-0.25, -0.2) is 0 Å². The first-order chi connectivity index (χ1) is 6.24. The highest BCUT2D eigenvalue weighted by molar-refractivity contribution is 5.90. The van der Waals surface area contributed by atoms with Crippen LogP contribution in [0.1, 0.15) is 5.56 Å². The molecule has 0 saturated carbocycles. The maximum Gasteiger partial charge on any atom is 0.325 e. The summed E-state index contributed by atoms with van der Waals surface area (Å²) in [5, 5.41) is 8.33. The van der Waals surface area contributed by atoms with Crippen LogP contribution in [-0.2, 0) is 11.3 Å². The fourth-order valence-electron chi connectivity index (χ4n) is 0.923. The zero-order chi connectivity index (χ0) is 9.68. The molecule has 66 valence electrons. The molecule has 0 N–H and O–H groups in total. The molecule has 4 heteroatoms. The number of rotatable bonds is 2. The maximum absolute atomic E-state index is 10.9. The van der Waals surface area contributed by atoms with Crippen molar-refractivity contribution in [2.24, 2.45) is 0 Å². The number of carbonyl (C=O) groups is 1. The van der Waals surface area contributed by atoms with Gasteiger partial charge in [0.25, 0.3) is 0 Å². The Bertz CT molecular complexity index is 328. The van der Waals surface area contributed by atoms with E-state index >= 15 is 0 Å². The van der Waals surface area contributed by atoms with Crippen LogP contribution in [0.2, 0.25) is 0 Å². The van der Waals surface area contributed by atoms with Crippen molar-refractivity contribution in [1.29, 1.82) is 5.26 Å². The van der Waals surface area contributed by atoms with Crippen molar-refractivity contribution >= 4 is 5.91 Å². The zero-order valence-electron chi connectivity index (χ0n) is 7.27. The van der Waals surface area contributed by atoms with Crippen molar-refractivity contribution in [2.45, 2.75) is 6.54 Å². The molecule has 0 bridgehead atoms. The summed E-state index contributed by atoms with van der Waals surface area (Å²) in [5.41, 5.74) is 0.911. The first kappa shape index (κ1) is 9.20. The molecule has 0 aliphatic carbocycles. The van der Waals surface area contributed by atoms with Crippen molar-refractivity contribution in [2.75, 3.05) is 7.05 Å². The number of nitriles is 1. The number of pyridine rings is 1. The summed E-state index contributed by atoms with van der Waals surface area (Å²) in [4.78, 5) is 16.1. The lowest BCUT2D eigenvalue weighted by Gasteiger charge is -2.11. The van der Waals surface area contributed by atoms with Crippen LogP contribution in [0.3, 0.4) is 0 Å². The average molecular weight is 175 g/mol. The Hall–Kier alpha value is -1.89. The molecular formula is C9H9N3O. The summed E-state index contributed by atoms with van der Waals surface area (Å²) in [5.74, 6) is -0.538. The highest BCUT2D eigenvalue weighted by Crippen LogP contribution is 1.99. The normalized spacial score (nSPS) is 8.92. The zero-order valence-corrected chi connectivity index (χ0v) is 7.27. The lowest BCUT2D eigenvalue weighted by atomic mass is 10.3. The van der Waals surface area contributed by atoms with E-state index in [1.54, 1.807) is 31.6 Å². The van der Waals surface area contributed by atoms with E-state index in [9.17, 15) is 4.79 Å². The Morgan fingerprint density at radius 1 is 1.77 bits per heavy atom. The predicted octanol–water partition coefficient (Wildman–Crippen LogP) is 0.564. The van der Waals surface area contributed by atoms with Crippen LogP contribution in [0.5, 0.6) is 0 Å². The maximum atomic E-state index is 10.9. The molecule has 0 fully saturated rings. The Balaban J connectivity index is 2.61. The van der Waals surface area contributed by atoms with Crippen molar-refractivity contribution < 1.29 is 4.79 Å². The summed E-state index contributed by atoms with van der Waals surface area (Å²) >= 11 is 0. The highest BCUT2D eigenvalue weighted by atomic mass is 16.2. The topological polar surface area (TPSA) is 57.0 Å². The van der Waals surface area contributed by atoms with Gasteiger partial charge in [-0.15, -0.1) is 0 Å². The second-order valence-electron chi connectivity index (χ2n) is 2.63. The number of hydrogen-bond acceptors (Lipinski definition) is 3. The van der Waals surface area contributed by atoms with Gasteiger partial charge in [0, 0.05) is 26.0 Å². The molecule has 0 aliphatic heterocycles. The predicted molar refractivity (Wildman–Crippen MR) is 46.3 cm³/mol. The largest absolute Gasteiger partial charge is 0.329 e. The number of nitrogens with zero attached hydrogens (tertiary/aromatic N) is 3. The molecule has 0 radical (unpaired) electrons. The third kappa shape index (κ3) is 2.56. The van der Waals surface area contributed by atoms with E-state index in [1.807, 2.05) is 6.07 Å². The molecular weight excluding hydrogens is 166 g/mol. The molecule has 0 aromatic carbocycles. The number of aromatic nitrogens is 1. The molecule has 0 spiro atoms. The van der Waals surface area contributed by atoms with Crippen LogP contribution in [0, 0.1) is 11.3 Å². The third-order valence-corrected chi connectivity index (χ3v) is 1.58. The molecule has 1 aromatic heterocycles. The van der Waals surface area contributed by atoms with Crippen LogP contribution >= 0.6 is 0 Å². The quantitative estimate of drug-likeness (QED) is 0.617. The van der Waals surface area contributed by atoms with E-state index in [4.69, 9.17) is 5.26 Å². The van der Waals surface area contributed by atoms with Gasteiger partial charge < -0.3 is 4.90 Å². The molecule has 1 amide bonds. The van der Waals surface area contributed by atoms with E-state index in [2.05, 4.69) is 4.98 Å². The highest BCUT2D eigenvalue weighted by Gasteiger charge is 2.06. The number of carbonyl (C=O) groups excluding carboxylic acids is 1. The van der Waals surface area contributed by atoms with Gasteiger partial charge in [0.05, 0.1) is 0 Å². The van der Waals surface area contributed by atoms with Gasteiger partial charge in [-0.1, -0.05) is 6.07 Å². The fraction of sp³-hybridized carbons (Fsp3) is 0.222. The van der Waals surface area contributed by atoms with Crippen molar-refractivity contribution in [3.8, 4) is 6.07 Å². The summed E-state index contributed by atoms with van der Waals surface area (Å²) in [6.07, 6.45) is 3.33. The van der Waals surface area contributed by atoms with Gasteiger partial charge in [0.15, 0.2) is 6.07 Å². The summed E-state index contributed by atoms with van der Waals surface area (Å²) < 4.78 is 0. The Morgan fingerprint density at radius 3 is 3.08 bits per heavy atom. The van der Waals surface area contributed by atoms with E-state index in [1.165, 1.54) is 4.90 Å². The lowest BCUT2D eigenvalue weighted by molar-refractivity contribution is -0.124. The summed E-state index contributed by atoms with van der Waals surface area (Å²) in [7, 11) is 1.58. The molecule has 0 unspecified atom stereocenters. The van der Waals surface area contributed by atoms with Gasteiger partial charge in [-0.3, -0.25) is 9.78 Å². The fourth-order valence-corrected chi connectivity index (χ4v) is 0.923. The standard InChI is InChI=1S/C9H9N3O/c1-12(9(13)5-10)7-8-3-2-4-11-6-8/h2-4,6H,7H2,1H3. The van der Waals surface area contributed by atoms with E-state index in [0.717, 1.165) is 5.56 Å². The Morgan fingerprint density at radius 2 is 2.54 bits per heavy atom. The molecule has 13 heavy (non-hydrogen) atoms. The smallest absolute Gasteiger partial charge is 0.325 e. The van der Waals surface area contributed by atoms with E-state index < -0.39 is 5.91 Å². The van der Waals surface area contributed by atoms with Gasteiger partial charge in [-0.2, -0.15) is 5.26 Å². The van der Waals surface area contributed by atoms with Crippen LogP contribution in [0.25, 0.3) is 0 Å². The van der Waals surface area contributed by atoms with Crippen molar-refractivity contribution in [1.82, 2.24) is 9.88 Å². The molecule has 1 aromatic rings. The second-order valence-corrected chi connectivity index (χ2v) is 2.63. The van der Waals surface area contributed by atoms with E-state index in [0.29, 0.717) is 6.54 Å². The van der Waals surface area contributed by atoms with Crippen LogP contribution in [0.15, 0.2) is 24.5 Å². The minimum absolute atomic E-state index is 0.417. The second kappa shape index (κ2) is 4.21. The number of hydrogen-bond donors (Lipinski definition) is 0. The average Bonchev–Trinajstić information content (AvgIpc) is 2.18.